The van der Waals surface area contributed by atoms with Gasteiger partial charge in [-0.2, -0.15) is 5.10 Å². The van der Waals surface area contributed by atoms with Gasteiger partial charge in [-0.1, -0.05) is 0 Å². The van der Waals surface area contributed by atoms with Gasteiger partial charge in [-0.25, -0.2) is 4.98 Å². The van der Waals surface area contributed by atoms with E-state index in [1.807, 2.05) is 30.7 Å². The molecule has 0 bridgehead atoms. The van der Waals surface area contributed by atoms with E-state index in [-0.39, 0.29) is 12.1 Å². The van der Waals surface area contributed by atoms with Crippen LogP contribution < -0.4 is 5.32 Å². The predicted octanol–water partition coefficient (Wildman–Crippen LogP) is 2.31. The van der Waals surface area contributed by atoms with E-state index in [1.54, 1.807) is 6.20 Å². The molecule has 130 valence electrons. The smallest absolute Gasteiger partial charge is 0.139 e. The molecule has 0 unspecified atom stereocenters. The number of imidazole rings is 1. The Morgan fingerprint density at radius 3 is 3.20 bits per heavy atom. The number of ether oxygens (including phenoxy) is 1. The predicted molar refractivity (Wildman–Crippen MR) is 93.7 cm³/mol. The van der Waals surface area contributed by atoms with Crippen LogP contribution in [0.15, 0.2) is 43.0 Å². The molecule has 0 radical (unpaired) electrons. The molecule has 1 saturated heterocycles. The van der Waals surface area contributed by atoms with E-state index in [0.717, 1.165) is 42.3 Å². The minimum Gasteiger partial charge on any atom is -0.369 e. The molecule has 3 aromatic heterocycles. The highest BCUT2D eigenvalue weighted by Crippen LogP contribution is 2.28. The monoisotopic (exact) mass is 338 g/mol. The third-order valence-electron chi connectivity index (χ3n) is 4.58. The molecule has 0 spiro atoms. The summed E-state index contributed by atoms with van der Waals surface area (Å²) < 4.78 is 8.08. The maximum absolute atomic E-state index is 5.94. The van der Waals surface area contributed by atoms with E-state index in [2.05, 4.69) is 43.0 Å². The molecule has 0 saturated carbocycles. The average molecular weight is 338 g/mol. The SMILES string of the molecule is CCn1ccnc1[C@H]1OCC[C@@H]1NCc1cc(-c2cccnc2)n[nH]1. The summed E-state index contributed by atoms with van der Waals surface area (Å²) in [5.74, 6) is 0.998. The molecule has 2 N–H and O–H groups in total. The van der Waals surface area contributed by atoms with Gasteiger partial charge in [0.2, 0.25) is 0 Å². The van der Waals surface area contributed by atoms with Crippen LogP contribution in [-0.2, 0) is 17.8 Å². The maximum atomic E-state index is 5.94. The summed E-state index contributed by atoms with van der Waals surface area (Å²) >= 11 is 0. The number of nitrogens with zero attached hydrogens (tertiary/aromatic N) is 4. The molecule has 2 atom stereocenters. The highest BCUT2D eigenvalue weighted by molar-refractivity contribution is 5.57. The number of aromatic amines is 1. The number of pyridine rings is 1. The van der Waals surface area contributed by atoms with E-state index in [0.29, 0.717) is 6.54 Å². The second-order valence-electron chi connectivity index (χ2n) is 6.16. The van der Waals surface area contributed by atoms with Gasteiger partial charge in [-0.05, 0) is 31.5 Å². The fraction of sp³-hybridized carbons (Fsp3) is 0.389. The van der Waals surface area contributed by atoms with Crippen molar-refractivity contribution in [3.63, 3.8) is 0 Å². The normalized spacial score (nSPS) is 20.2. The third-order valence-corrected chi connectivity index (χ3v) is 4.58. The summed E-state index contributed by atoms with van der Waals surface area (Å²) in [4.78, 5) is 8.63. The van der Waals surface area contributed by atoms with Crippen molar-refractivity contribution in [2.45, 2.75) is 38.6 Å². The van der Waals surface area contributed by atoms with Gasteiger partial charge >= 0.3 is 0 Å². The summed E-state index contributed by atoms with van der Waals surface area (Å²) in [5, 5.41) is 11.1. The van der Waals surface area contributed by atoms with Crippen LogP contribution in [0.25, 0.3) is 11.3 Å². The molecule has 0 aliphatic carbocycles. The second kappa shape index (κ2) is 7.16. The van der Waals surface area contributed by atoms with Crippen LogP contribution in [0.2, 0.25) is 0 Å². The zero-order valence-corrected chi connectivity index (χ0v) is 14.2. The lowest BCUT2D eigenvalue weighted by atomic mass is 10.1. The lowest BCUT2D eigenvalue weighted by molar-refractivity contribution is 0.0885. The van der Waals surface area contributed by atoms with Crippen molar-refractivity contribution in [1.29, 1.82) is 0 Å². The van der Waals surface area contributed by atoms with Gasteiger partial charge in [0.05, 0.1) is 5.69 Å². The van der Waals surface area contributed by atoms with E-state index in [1.165, 1.54) is 0 Å². The number of aryl methyl sites for hydroxylation is 1. The van der Waals surface area contributed by atoms with Gasteiger partial charge in [0.15, 0.2) is 0 Å². The Bertz CT molecular complexity index is 812. The lowest BCUT2D eigenvalue weighted by Crippen LogP contribution is -2.32. The highest BCUT2D eigenvalue weighted by atomic mass is 16.5. The summed E-state index contributed by atoms with van der Waals surface area (Å²) in [6.07, 6.45) is 8.40. The van der Waals surface area contributed by atoms with Crippen molar-refractivity contribution >= 4 is 0 Å². The van der Waals surface area contributed by atoms with Crippen molar-refractivity contribution in [1.82, 2.24) is 30.0 Å². The average Bonchev–Trinajstić information content (AvgIpc) is 3.39. The first-order valence-corrected chi connectivity index (χ1v) is 8.66. The molecule has 3 aromatic rings. The standard InChI is InChI=1S/C18H22N6O/c1-2-24-8-7-20-18(24)17-15(5-9-25-17)21-12-14-10-16(23-22-14)13-4-3-6-19-11-13/h3-4,6-8,10-11,15,17,21H,2,5,9,12H2,1H3,(H,22,23)/t15-,17-/m0/s1. The molecular weight excluding hydrogens is 316 g/mol. The number of rotatable bonds is 6. The molecule has 7 nitrogen and oxygen atoms in total. The number of hydrogen-bond donors (Lipinski definition) is 2. The van der Waals surface area contributed by atoms with Crippen LogP contribution in [0, 0.1) is 0 Å². The summed E-state index contributed by atoms with van der Waals surface area (Å²) in [6.45, 7) is 4.48. The van der Waals surface area contributed by atoms with Gasteiger partial charge in [0, 0.05) is 61.8 Å². The second-order valence-corrected chi connectivity index (χ2v) is 6.16. The van der Waals surface area contributed by atoms with Crippen LogP contribution in [0.1, 0.15) is 31.0 Å². The van der Waals surface area contributed by atoms with E-state index >= 15 is 0 Å². The largest absolute Gasteiger partial charge is 0.369 e. The molecule has 7 heteroatoms. The van der Waals surface area contributed by atoms with E-state index in [9.17, 15) is 0 Å². The van der Waals surface area contributed by atoms with Crippen LogP contribution in [-0.4, -0.2) is 37.4 Å². The minimum atomic E-state index is -0.00401. The number of aromatic nitrogens is 5. The van der Waals surface area contributed by atoms with Crippen LogP contribution in [0.5, 0.6) is 0 Å². The Labute approximate surface area is 146 Å². The Kier molecular flexibility index (Phi) is 4.58. The first-order valence-electron chi connectivity index (χ1n) is 8.66. The van der Waals surface area contributed by atoms with Crippen LogP contribution in [0.3, 0.4) is 0 Å². The van der Waals surface area contributed by atoms with Gasteiger partial charge < -0.3 is 14.6 Å². The molecule has 25 heavy (non-hydrogen) atoms. The zero-order chi connectivity index (χ0) is 17.1. The van der Waals surface area contributed by atoms with Crippen LogP contribution in [0.4, 0.5) is 0 Å². The topological polar surface area (TPSA) is 80.7 Å². The summed E-state index contributed by atoms with van der Waals surface area (Å²) in [5.41, 5.74) is 2.96. The number of nitrogens with one attached hydrogen (secondary N) is 2. The fourth-order valence-electron chi connectivity index (χ4n) is 3.25. The first-order chi connectivity index (χ1) is 12.3. The van der Waals surface area contributed by atoms with Crippen LogP contribution >= 0.6 is 0 Å². The van der Waals surface area contributed by atoms with Crippen molar-refractivity contribution in [3.8, 4) is 11.3 Å². The molecule has 1 aliphatic heterocycles. The maximum Gasteiger partial charge on any atom is 0.139 e. The van der Waals surface area contributed by atoms with Gasteiger partial charge in [0.1, 0.15) is 11.9 Å². The zero-order valence-electron chi connectivity index (χ0n) is 14.2. The summed E-state index contributed by atoms with van der Waals surface area (Å²) in [6, 6.07) is 6.23. The Morgan fingerprint density at radius 1 is 1.40 bits per heavy atom. The number of hydrogen-bond acceptors (Lipinski definition) is 5. The fourth-order valence-corrected chi connectivity index (χ4v) is 3.25. The molecule has 0 amide bonds. The van der Waals surface area contributed by atoms with E-state index < -0.39 is 0 Å². The third kappa shape index (κ3) is 3.33. The molecule has 1 aliphatic rings. The van der Waals surface area contributed by atoms with Crippen molar-refractivity contribution in [3.05, 3.63) is 54.5 Å². The summed E-state index contributed by atoms with van der Waals surface area (Å²) in [7, 11) is 0. The lowest BCUT2D eigenvalue weighted by Gasteiger charge is -2.20. The minimum absolute atomic E-state index is 0.00401. The Hall–Kier alpha value is -2.51. The quantitative estimate of drug-likeness (QED) is 0.721. The van der Waals surface area contributed by atoms with Crippen molar-refractivity contribution < 1.29 is 4.74 Å². The van der Waals surface area contributed by atoms with Gasteiger partial charge in [-0.15, -0.1) is 0 Å². The highest BCUT2D eigenvalue weighted by Gasteiger charge is 2.32. The van der Waals surface area contributed by atoms with Gasteiger partial charge in [0.25, 0.3) is 0 Å². The Morgan fingerprint density at radius 2 is 2.36 bits per heavy atom. The van der Waals surface area contributed by atoms with Crippen molar-refractivity contribution in [2.75, 3.05) is 6.61 Å². The Balaban J connectivity index is 1.42. The molecule has 0 aromatic carbocycles. The molecule has 1 fully saturated rings. The first kappa shape index (κ1) is 16.0. The van der Waals surface area contributed by atoms with Gasteiger partial charge in [-0.3, -0.25) is 10.1 Å². The number of H-pyrrole nitrogens is 1. The van der Waals surface area contributed by atoms with E-state index in [4.69, 9.17) is 4.74 Å². The van der Waals surface area contributed by atoms with Crippen molar-refractivity contribution in [2.24, 2.45) is 0 Å². The molecule has 4 heterocycles. The molecule has 4 rings (SSSR count). The molecular formula is C18H22N6O.